The van der Waals surface area contributed by atoms with E-state index in [9.17, 15) is 0 Å². The minimum atomic E-state index is -0.131. The molecule has 0 saturated carbocycles. The van der Waals surface area contributed by atoms with Crippen LogP contribution in [0.3, 0.4) is 0 Å². The molecule has 1 atom stereocenters. The summed E-state index contributed by atoms with van der Waals surface area (Å²) in [5, 5.41) is 3.21. The van der Waals surface area contributed by atoms with Crippen LogP contribution in [0.5, 0.6) is 0 Å². The number of nitrogens with two attached hydrogens (primary N) is 1. The van der Waals surface area contributed by atoms with Gasteiger partial charge in [0.05, 0.1) is 4.47 Å². The van der Waals surface area contributed by atoms with Gasteiger partial charge in [-0.05, 0) is 29.3 Å². The minimum Gasteiger partial charge on any atom is -0.348 e. The largest absolute Gasteiger partial charge is 0.348 e. The van der Waals surface area contributed by atoms with Gasteiger partial charge in [-0.1, -0.05) is 6.92 Å². The van der Waals surface area contributed by atoms with E-state index in [1.54, 1.807) is 12.4 Å². The molecule has 0 fully saturated rings. The molecule has 3 N–H and O–H groups in total. The van der Waals surface area contributed by atoms with Gasteiger partial charge in [0.1, 0.15) is 0 Å². The first-order valence-corrected chi connectivity index (χ1v) is 5.35. The Hall–Kier alpha value is -0.680. The van der Waals surface area contributed by atoms with Gasteiger partial charge in [0.2, 0.25) is 5.95 Å². The lowest BCUT2D eigenvalue weighted by Gasteiger charge is -2.27. The van der Waals surface area contributed by atoms with Gasteiger partial charge in [-0.25, -0.2) is 9.97 Å². The van der Waals surface area contributed by atoms with Crippen LogP contribution >= 0.6 is 15.9 Å². The lowest BCUT2D eigenvalue weighted by Crippen LogP contribution is -2.42. The smallest absolute Gasteiger partial charge is 0.223 e. The maximum absolute atomic E-state index is 5.67. The van der Waals surface area contributed by atoms with Crippen LogP contribution in [0.25, 0.3) is 0 Å². The summed E-state index contributed by atoms with van der Waals surface area (Å²) in [5.74, 6) is 0.614. The standard InChI is InChI=1S/C9H15BrN4/c1-3-9(2,6-11)14-8-12-4-7(10)5-13-8/h4-5H,3,6,11H2,1-2H3,(H,12,13,14). The van der Waals surface area contributed by atoms with E-state index in [2.05, 4.69) is 45.1 Å². The van der Waals surface area contributed by atoms with Crippen molar-refractivity contribution in [2.45, 2.75) is 25.8 Å². The fraction of sp³-hybridized carbons (Fsp3) is 0.556. The number of hydrogen-bond acceptors (Lipinski definition) is 4. The van der Waals surface area contributed by atoms with Crippen molar-refractivity contribution in [1.29, 1.82) is 0 Å². The second-order valence-corrected chi connectivity index (χ2v) is 4.38. The zero-order valence-electron chi connectivity index (χ0n) is 8.42. The molecule has 0 bridgehead atoms. The van der Waals surface area contributed by atoms with Crippen LogP contribution in [0.2, 0.25) is 0 Å². The van der Waals surface area contributed by atoms with Gasteiger partial charge >= 0.3 is 0 Å². The van der Waals surface area contributed by atoms with Crippen molar-refractivity contribution in [3.05, 3.63) is 16.9 Å². The molecule has 0 aliphatic carbocycles. The molecule has 4 nitrogen and oxygen atoms in total. The highest BCUT2D eigenvalue weighted by Crippen LogP contribution is 2.14. The molecule has 0 radical (unpaired) electrons. The van der Waals surface area contributed by atoms with E-state index in [4.69, 9.17) is 5.73 Å². The summed E-state index contributed by atoms with van der Waals surface area (Å²) in [6.07, 6.45) is 4.35. The van der Waals surface area contributed by atoms with E-state index in [1.807, 2.05) is 0 Å². The van der Waals surface area contributed by atoms with E-state index >= 15 is 0 Å². The Kier molecular flexibility index (Phi) is 3.83. The average Bonchev–Trinajstić information content (AvgIpc) is 2.21. The number of nitrogens with one attached hydrogen (secondary N) is 1. The first-order chi connectivity index (χ1) is 6.59. The Morgan fingerprint density at radius 3 is 2.50 bits per heavy atom. The number of nitrogens with zero attached hydrogens (tertiary/aromatic N) is 2. The molecule has 0 amide bonds. The molecule has 0 aromatic carbocycles. The van der Waals surface area contributed by atoms with E-state index in [0.717, 1.165) is 10.9 Å². The van der Waals surface area contributed by atoms with Crippen LogP contribution < -0.4 is 11.1 Å². The van der Waals surface area contributed by atoms with Crippen LogP contribution in [0, 0.1) is 0 Å². The van der Waals surface area contributed by atoms with Crippen LogP contribution in [0.4, 0.5) is 5.95 Å². The van der Waals surface area contributed by atoms with Crippen LogP contribution in [-0.2, 0) is 0 Å². The number of halogens is 1. The van der Waals surface area contributed by atoms with E-state index < -0.39 is 0 Å². The van der Waals surface area contributed by atoms with Crippen molar-refractivity contribution in [2.75, 3.05) is 11.9 Å². The van der Waals surface area contributed by atoms with Crippen molar-refractivity contribution in [2.24, 2.45) is 5.73 Å². The highest BCUT2D eigenvalue weighted by molar-refractivity contribution is 9.10. The molecule has 1 aromatic heterocycles. The highest BCUT2D eigenvalue weighted by atomic mass is 79.9. The third-order valence-corrected chi connectivity index (χ3v) is 2.67. The zero-order chi connectivity index (χ0) is 10.6. The summed E-state index contributed by atoms with van der Waals surface area (Å²) >= 11 is 3.28. The average molecular weight is 259 g/mol. The van der Waals surface area contributed by atoms with Crippen LogP contribution in [0.15, 0.2) is 16.9 Å². The normalized spacial score (nSPS) is 14.9. The molecule has 5 heteroatoms. The number of rotatable bonds is 4. The predicted octanol–water partition coefficient (Wildman–Crippen LogP) is 1.78. The number of anilines is 1. The molecule has 0 saturated heterocycles. The fourth-order valence-corrected chi connectivity index (χ4v) is 1.14. The minimum absolute atomic E-state index is 0.131. The molecule has 14 heavy (non-hydrogen) atoms. The third-order valence-electron chi connectivity index (χ3n) is 2.26. The summed E-state index contributed by atoms with van der Waals surface area (Å²) in [4.78, 5) is 8.27. The van der Waals surface area contributed by atoms with Gasteiger partial charge in [0.15, 0.2) is 0 Å². The zero-order valence-corrected chi connectivity index (χ0v) is 10.0. The summed E-state index contributed by atoms with van der Waals surface area (Å²) in [6, 6.07) is 0. The van der Waals surface area contributed by atoms with Gasteiger partial charge in [-0.3, -0.25) is 0 Å². The Labute approximate surface area is 92.5 Å². The van der Waals surface area contributed by atoms with E-state index in [1.165, 1.54) is 0 Å². The molecule has 1 unspecified atom stereocenters. The fourth-order valence-electron chi connectivity index (χ4n) is 0.931. The van der Waals surface area contributed by atoms with Crippen molar-refractivity contribution < 1.29 is 0 Å². The lowest BCUT2D eigenvalue weighted by molar-refractivity contribution is 0.502. The molecule has 0 aliphatic heterocycles. The molecule has 0 spiro atoms. The number of hydrogen-bond donors (Lipinski definition) is 2. The van der Waals surface area contributed by atoms with Crippen molar-refractivity contribution in [1.82, 2.24) is 9.97 Å². The highest BCUT2D eigenvalue weighted by Gasteiger charge is 2.20. The van der Waals surface area contributed by atoms with Gasteiger partial charge in [0, 0.05) is 24.5 Å². The molecule has 1 rings (SSSR count). The first kappa shape index (κ1) is 11.4. The maximum Gasteiger partial charge on any atom is 0.223 e. The summed E-state index contributed by atoms with van der Waals surface area (Å²) in [6.45, 7) is 4.69. The monoisotopic (exact) mass is 258 g/mol. The summed E-state index contributed by atoms with van der Waals surface area (Å²) in [5.41, 5.74) is 5.54. The Morgan fingerprint density at radius 1 is 1.50 bits per heavy atom. The van der Waals surface area contributed by atoms with Gasteiger partial charge < -0.3 is 11.1 Å². The lowest BCUT2D eigenvalue weighted by atomic mass is 10.00. The molecular weight excluding hydrogens is 244 g/mol. The van der Waals surface area contributed by atoms with Crippen molar-refractivity contribution in [3.63, 3.8) is 0 Å². The van der Waals surface area contributed by atoms with Crippen molar-refractivity contribution in [3.8, 4) is 0 Å². The topological polar surface area (TPSA) is 63.8 Å². The maximum atomic E-state index is 5.67. The summed E-state index contributed by atoms with van der Waals surface area (Å²) in [7, 11) is 0. The molecule has 1 aromatic rings. The van der Waals surface area contributed by atoms with Gasteiger partial charge in [-0.15, -0.1) is 0 Å². The Bertz CT molecular complexity index is 281. The number of aromatic nitrogens is 2. The first-order valence-electron chi connectivity index (χ1n) is 4.55. The van der Waals surface area contributed by atoms with E-state index in [0.29, 0.717) is 12.5 Å². The second kappa shape index (κ2) is 4.70. The second-order valence-electron chi connectivity index (χ2n) is 3.47. The Morgan fingerprint density at radius 2 is 2.07 bits per heavy atom. The molecule has 1 heterocycles. The predicted molar refractivity (Wildman–Crippen MR) is 61.1 cm³/mol. The Balaban J connectivity index is 2.72. The quantitative estimate of drug-likeness (QED) is 0.865. The molecular formula is C9H15BrN4. The summed E-state index contributed by atoms with van der Waals surface area (Å²) < 4.78 is 0.869. The van der Waals surface area contributed by atoms with Crippen molar-refractivity contribution >= 4 is 21.9 Å². The molecule has 0 aliphatic rings. The van der Waals surface area contributed by atoms with Crippen LogP contribution in [-0.4, -0.2) is 22.1 Å². The SMILES string of the molecule is CCC(C)(CN)Nc1ncc(Br)cn1. The van der Waals surface area contributed by atoms with Crippen LogP contribution in [0.1, 0.15) is 20.3 Å². The third kappa shape index (κ3) is 2.92. The van der Waals surface area contributed by atoms with Gasteiger partial charge in [-0.2, -0.15) is 0 Å². The van der Waals surface area contributed by atoms with Gasteiger partial charge in [0.25, 0.3) is 0 Å². The van der Waals surface area contributed by atoms with E-state index in [-0.39, 0.29) is 5.54 Å². The molecule has 78 valence electrons.